The topological polar surface area (TPSA) is 125 Å². The van der Waals surface area contributed by atoms with Crippen LogP contribution in [0.25, 0.3) is 0 Å². The van der Waals surface area contributed by atoms with Gasteiger partial charge in [-0.2, -0.15) is 0 Å². The number of nitrogens with one attached hydrogen (secondary N) is 3. The molecule has 0 bridgehead atoms. The SMILES string of the molecule is Cc1cc(CNC(=O)C2CCC(Nc3cccc4c3C(=O)N(C3CCC(=O)NC3=O)C4=O)CC2)cc(C)c1C. The van der Waals surface area contributed by atoms with Crippen LogP contribution in [0.3, 0.4) is 0 Å². The molecule has 0 radical (unpaired) electrons. The third-order valence-corrected chi connectivity index (χ3v) is 8.38. The van der Waals surface area contributed by atoms with Gasteiger partial charge >= 0.3 is 0 Å². The second-order valence-corrected chi connectivity index (χ2v) is 10.9. The molecule has 204 valence electrons. The van der Waals surface area contributed by atoms with Crippen LogP contribution in [-0.4, -0.2) is 46.5 Å². The van der Waals surface area contributed by atoms with E-state index < -0.39 is 29.7 Å². The molecule has 2 heterocycles. The molecule has 1 unspecified atom stereocenters. The van der Waals surface area contributed by atoms with Gasteiger partial charge in [0.05, 0.1) is 11.1 Å². The van der Waals surface area contributed by atoms with Crippen molar-refractivity contribution in [2.75, 3.05) is 5.32 Å². The van der Waals surface area contributed by atoms with Gasteiger partial charge in [0.25, 0.3) is 11.8 Å². The Kier molecular flexibility index (Phi) is 7.25. The van der Waals surface area contributed by atoms with Crippen molar-refractivity contribution in [3.8, 4) is 0 Å². The predicted molar refractivity (Wildman–Crippen MR) is 145 cm³/mol. The van der Waals surface area contributed by atoms with Gasteiger partial charge in [0.15, 0.2) is 0 Å². The standard InChI is InChI=1S/C30H34N4O5/c1-16-13-19(14-17(2)18(16)3)15-31-27(36)20-7-9-21(10-8-20)32-23-6-4-5-22-26(23)30(39)34(29(22)38)24-11-12-25(35)33-28(24)37/h4-6,13-14,20-21,24,32H,7-12,15H2,1-3H3,(H,31,36)(H,33,35,37). The Hall–Kier alpha value is -4.01. The number of fused-ring (bicyclic) bond motifs is 1. The maximum Gasteiger partial charge on any atom is 0.264 e. The lowest BCUT2D eigenvalue weighted by molar-refractivity contribution is -0.136. The van der Waals surface area contributed by atoms with E-state index in [2.05, 4.69) is 48.9 Å². The van der Waals surface area contributed by atoms with Gasteiger partial charge in [-0.15, -0.1) is 0 Å². The highest BCUT2D eigenvalue weighted by molar-refractivity contribution is 6.25. The third kappa shape index (κ3) is 5.17. The zero-order chi connectivity index (χ0) is 27.8. The van der Waals surface area contributed by atoms with Gasteiger partial charge in [-0.1, -0.05) is 18.2 Å². The zero-order valence-corrected chi connectivity index (χ0v) is 22.6. The van der Waals surface area contributed by atoms with Gasteiger partial charge in [-0.05, 0) is 87.3 Å². The van der Waals surface area contributed by atoms with E-state index in [0.29, 0.717) is 12.2 Å². The first kappa shape index (κ1) is 26.6. The number of rotatable bonds is 6. The second kappa shape index (κ2) is 10.6. The number of anilines is 1. The number of benzene rings is 2. The lowest BCUT2D eigenvalue weighted by Crippen LogP contribution is -2.54. The second-order valence-electron chi connectivity index (χ2n) is 10.9. The van der Waals surface area contributed by atoms with E-state index in [1.807, 2.05) is 0 Å². The molecular formula is C30H34N4O5. The fourth-order valence-electron chi connectivity index (χ4n) is 5.92. The lowest BCUT2D eigenvalue weighted by Gasteiger charge is -2.30. The summed E-state index contributed by atoms with van der Waals surface area (Å²) in [6, 6.07) is 8.37. The Morgan fingerprint density at radius 3 is 2.31 bits per heavy atom. The summed E-state index contributed by atoms with van der Waals surface area (Å²) in [6.45, 7) is 6.78. The van der Waals surface area contributed by atoms with Crippen molar-refractivity contribution in [1.29, 1.82) is 0 Å². The number of carbonyl (C=O) groups excluding carboxylic acids is 5. The van der Waals surface area contributed by atoms with Crippen molar-refractivity contribution in [1.82, 2.24) is 15.5 Å². The number of amides is 5. The normalized spacial score (nSPS) is 22.9. The van der Waals surface area contributed by atoms with Gasteiger partial charge in [0.1, 0.15) is 6.04 Å². The van der Waals surface area contributed by atoms with Gasteiger partial charge in [0, 0.05) is 30.6 Å². The van der Waals surface area contributed by atoms with E-state index >= 15 is 0 Å². The molecule has 9 nitrogen and oxygen atoms in total. The maximum atomic E-state index is 13.3. The number of nitrogens with zero attached hydrogens (tertiary/aromatic N) is 1. The largest absolute Gasteiger partial charge is 0.382 e. The molecule has 2 aromatic carbocycles. The van der Waals surface area contributed by atoms with Crippen LogP contribution < -0.4 is 16.0 Å². The molecule has 3 N–H and O–H groups in total. The van der Waals surface area contributed by atoms with E-state index in [4.69, 9.17) is 0 Å². The average Bonchev–Trinajstić information content (AvgIpc) is 3.16. The van der Waals surface area contributed by atoms with Crippen LogP contribution in [0.1, 0.15) is 81.5 Å². The van der Waals surface area contributed by atoms with Crippen LogP contribution in [0.4, 0.5) is 5.69 Å². The molecule has 5 rings (SSSR count). The van der Waals surface area contributed by atoms with Crippen molar-refractivity contribution < 1.29 is 24.0 Å². The first-order valence-electron chi connectivity index (χ1n) is 13.6. The van der Waals surface area contributed by atoms with Crippen LogP contribution in [0.2, 0.25) is 0 Å². The van der Waals surface area contributed by atoms with E-state index in [0.717, 1.165) is 36.1 Å². The van der Waals surface area contributed by atoms with E-state index in [1.165, 1.54) is 16.7 Å². The highest BCUT2D eigenvalue weighted by Crippen LogP contribution is 2.34. The summed E-state index contributed by atoms with van der Waals surface area (Å²) in [5.41, 5.74) is 5.88. The summed E-state index contributed by atoms with van der Waals surface area (Å²) in [4.78, 5) is 64.2. The Morgan fingerprint density at radius 1 is 0.949 bits per heavy atom. The molecule has 1 atom stereocenters. The first-order chi connectivity index (χ1) is 18.6. The molecule has 3 aliphatic rings. The predicted octanol–water partition coefficient (Wildman–Crippen LogP) is 3.30. The number of carbonyl (C=O) groups is 5. The molecule has 9 heteroatoms. The fourth-order valence-corrected chi connectivity index (χ4v) is 5.92. The summed E-state index contributed by atoms with van der Waals surface area (Å²) in [6.07, 6.45) is 3.15. The minimum Gasteiger partial charge on any atom is -0.382 e. The van der Waals surface area contributed by atoms with Crippen LogP contribution in [0.5, 0.6) is 0 Å². The molecule has 2 aromatic rings. The van der Waals surface area contributed by atoms with E-state index in [1.54, 1.807) is 18.2 Å². The molecule has 39 heavy (non-hydrogen) atoms. The summed E-state index contributed by atoms with van der Waals surface area (Å²) >= 11 is 0. The monoisotopic (exact) mass is 530 g/mol. The summed E-state index contributed by atoms with van der Waals surface area (Å²) in [7, 11) is 0. The first-order valence-corrected chi connectivity index (χ1v) is 13.6. The van der Waals surface area contributed by atoms with E-state index in [9.17, 15) is 24.0 Å². The van der Waals surface area contributed by atoms with Crippen molar-refractivity contribution in [2.45, 2.75) is 77.9 Å². The molecule has 2 fully saturated rings. The molecule has 5 amide bonds. The van der Waals surface area contributed by atoms with Crippen molar-refractivity contribution in [3.05, 3.63) is 63.7 Å². The molecular weight excluding hydrogens is 496 g/mol. The van der Waals surface area contributed by atoms with Crippen LogP contribution in [-0.2, 0) is 20.9 Å². The van der Waals surface area contributed by atoms with Crippen LogP contribution >= 0.6 is 0 Å². The smallest absolute Gasteiger partial charge is 0.264 e. The third-order valence-electron chi connectivity index (χ3n) is 8.38. The van der Waals surface area contributed by atoms with Gasteiger partial charge in [-0.3, -0.25) is 34.2 Å². The van der Waals surface area contributed by atoms with Crippen molar-refractivity contribution in [3.63, 3.8) is 0 Å². The number of piperidine rings is 1. The van der Waals surface area contributed by atoms with Gasteiger partial charge in [-0.25, -0.2) is 0 Å². The Morgan fingerprint density at radius 2 is 1.64 bits per heavy atom. The van der Waals surface area contributed by atoms with Crippen molar-refractivity contribution in [2.24, 2.45) is 5.92 Å². The molecule has 1 saturated carbocycles. The fraction of sp³-hybridized carbons (Fsp3) is 0.433. The number of hydrogen-bond acceptors (Lipinski definition) is 6. The highest BCUT2D eigenvalue weighted by atomic mass is 16.2. The minimum atomic E-state index is -0.996. The minimum absolute atomic E-state index is 0.0514. The quantitative estimate of drug-likeness (QED) is 0.493. The zero-order valence-electron chi connectivity index (χ0n) is 22.6. The summed E-state index contributed by atoms with van der Waals surface area (Å²) in [5.74, 6) is -2.08. The molecule has 0 spiro atoms. The molecule has 1 saturated heterocycles. The Balaban J connectivity index is 1.19. The summed E-state index contributed by atoms with van der Waals surface area (Å²) < 4.78 is 0. The van der Waals surface area contributed by atoms with Gasteiger partial charge < -0.3 is 10.6 Å². The number of hydrogen-bond donors (Lipinski definition) is 3. The van der Waals surface area contributed by atoms with E-state index in [-0.39, 0.29) is 41.8 Å². The summed E-state index contributed by atoms with van der Waals surface area (Å²) in [5, 5.41) is 8.74. The Labute approximate surface area is 227 Å². The Bertz CT molecular complexity index is 1350. The average molecular weight is 531 g/mol. The lowest BCUT2D eigenvalue weighted by atomic mass is 9.85. The van der Waals surface area contributed by atoms with Crippen LogP contribution in [0.15, 0.2) is 30.3 Å². The molecule has 2 aliphatic heterocycles. The number of imide groups is 2. The van der Waals surface area contributed by atoms with Gasteiger partial charge in [0.2, 0.25) is 17.7 Å². The molecule has 1 aliphatic carbocycles. The molecule has 0 aromatic heterocycles. The highest BCUT2D eigenvalue weighted by Gasteiger charge is 2.45. The van der Waals surface area contributed by atoms with Crippen LogP contribution in [0, 0.1) is 26.7 Å². The maximum absolute atomic E-state index is 13.3. The van der Waals surface area contributed by atoms with Crippen molar-refractivity contribution >= 4 is 35.2 Å². The number of aryl methyl sites for hydroxylation is 2.